The van der Waals surface area contributed by atoms with Gasteiger partial charge in [0.2, 0.25) is 0 Å². The maximum absolute atomic E-state index is 12.1. The molecule has 0 aliphatic rings. The van der Waals surface area contributed by atoms with Gasteiger partial charge in [-0.3, -0.25) is 4.79 Å². The lowest BCUT2D eigenvalue weighted by Crippen LogP contribution is -2.36. The van der Waals surface area contributed by atoms with Gasteiger partial charge in [0, 0.05) is 29.7 Å². The lowest BCUT2D eigenvalue weighted by Gasteiger charge is -2.10. The summed E-state index contributed by atoms with van der Waals surface area (Å²) in [6.07, 6.45) is 3.86. The van der Waals surface area contributed by atoms with E-state index < -0.39 is 0 Å². The SMILES string of the molecule is CCCNC(=O)c1cccc(CN=C(NCC)NCc2ncc(CC)s2)c1. The van der Waals surface area contributed by atoms with Crippen LogP contribution < -0.4 is 16.0 Å². The zero-order chi connectivity index (χ0) is 19.5. The molecule has 0 aliphatic heterocycles. The molecule has 0 unspecified atom stereocenters. The number of aryl methyl sites for hydroxylation is 1. The Morgan fingerprint density at radius 1 is 1.19 bits per heavy atom. The summed E-state index contributed by atoms with van der Waals surface area (Å²) >= 11 is 1.72. The van der Waals surface area contributed by atoms with Crippen LogP contribution >= 0.6 is 11.3 Å². The number of hydrogen-bond acceptors (Lipinski definition) is 4. The van der Waals surface area contributed by atoms with Crippen LogP contribution in [0.3, 0.4) is 0 Å². The summed E-state index contributed by atoms with van der Waals surface area (Å²) in [5, 5.41) is 10.5. The number of amides is 1. The van der Waals surface area contributed by atoms with Crippen molar-refractivity contribution in [1.82, 2.24) is 20.9 Å². The van der Waals surface area contributed by atoms with Gasteiger partial charge in [-0.2, -0.15) is 0 Å². The Morgan fingerprint density at radius 2 is 2.04 bits per heavy atom. The molecule has 1 amide bonds. The van der Waals surface area contributed by atoms with E-state index in [-0.39, 0.29) is 5.91 Å². The minimum Gasteiger partial charge on any atom is -0.357 e. The number of benzene rings is 1. The van der Waals surface area contributed by atoms with E-state index >= 15 is 0 Å². The molecule has 0 saturated carbocycles. The molecule has 6 nitrogen and oxygen atoms in total. The fraction of sp³-hybridized carbons (Fsp3) is 0.450. The number of guanidine groups is 1. The average Bonchev–Trinajstić information content (AvgIpc) is 3.16. The summed E-state index contributed by atoms with van der Waals surface area (Å²) < 4.78 is 0. The fourth-order valence-electron chi connectivity index (χ4n) is 2.42. The van der Waals surface area contributed by atoms with Crippen LogP contribution in [0.25, 0.3) is 0 Å². The Hall–Kier alpha value is -2.41. The Balaban J connectivity index is 1.97. The van der Waals surface area contributed by atoms with Crippen LogP contribution in [0.4, 0.5) is 0 Å². The van der Waals surface area contributed by atoms with E-state index in [4.69, 9.17) is 0 Å². The van der Waals surface area contributed by atoms with Gasteiger partial charge in [-0.15, -0.1) is 11.3 Å². The molecule has 27 heavy (non-hydrogen) atoms. The lowest BCUT2D eigenvalue weighted by molar-refractivity contribution is 0.0953. The molecule has 2 rings (SSSR count). The minimum absolute atomic E-state index is 0.0387. The second-order valence-corrected chi connectivity index (χ2v) is 7.28. The molecule has 1 aromatic heterocycles. The lowest BCUT2D eigenvalue weighted by atomic mass is 10.1. The van der Waals surface area contributed by atoms with Crippen LogP contribution in [0.1, 0.15) is 53.0 Å². The summed E-state index contributed by atoms with van der Waals surface area (Å²) in [7, 11) is 0. The van der Waals surface area contributed by atoms with Crippen molar-refractivity contribution in [2.45, 2.75) is 46.7 Å². The molecule has 0 radical (unpaired) electrons. The molecular weight excluding hydrogens is 358 g/mol. The highest BCUT2D eigenvalue weighted by molar-refractivity contribution is 7.11. The van der Waals surface area contributed by atoms with E-state index in [1.807, 2.05) is 44.3 Å². The third kappa shape index (κ3) is 7.02. The van der Waals surface area contributed by atoms with Gasteiger partial charge in [0.05, 0.1) is 13.1 Å². The van der Waals surface area contributed by atoms with Gasteiger partial charge in [-0.25, -0.2) is 9.98 Å². The van der Waals surface area contributed by atoms with E-state index in [0.717, 1.165) is 35.9 Å². The number of rotatable bonds is 9. The van der Waals surface area contributed by atoms with Gasteiger partial charge in [0.1, 0.15) is 5.01 Å². The fourth-order valence-corrected chi connectivity index (χ4v) is 3.22. The summed E-state index contributed by atoms with van der Waals surface area (Å²) in [6.45, 7) is 8.82. The van der Waals surface area contributed by atoms with Crippen molar-refractivity contribution in [2.75, 3.05) is 13.1 Å². The van der Waals surface area contributed by atoms with E-state index in [0.29, 0.717) is 25.2 Å². The first-order chi connectivity index (χ1) is 13.2. The van der Waals surface area contributed by atoms with Crippen molar-refractivity contribution in [3.63, 3.8) is 0 Å². The minimum atomic E-state index is -0.0387. The number of aromatic nitrogens is 1. The van der Waals surface area contributed by atoms with Gasteiger partial charge in [-0.1, -0.05) is 26.0 Å². The second-order valence-electron chi connectivity index (χ2n) is 6.08. The molecule has 2 aromatic rings. The predicted molar refractivity (Wildman–Crippen MR) is 112 cm³/mol. The zero-order valence-electron chi connectivity index (χ0n) is 16.3. The van der Waals surface area contributed by atoms with Gasteiger partial charge >= 0.3 is 0 Å². The van der Waals surface area contributed by atoms with Crippen molar-refractivity contribution >= 4 is 23.2 Å². The van der Waals surface area contributed by atoms with Crippen LogP contribution in [0.15, 0.2) is 35.5 Å². The highest BCUT2D eigenvalue weighted by atomic mass is 32.1. The highest BCUT2D eigenvalue weighted by Crippen LogP contribution is 2.13. The Bertz CT molecular complexity index is 756. The number of carbonyl (C=O) groups is 1. The maximum Gasteiger partial charge on any atom is 0.251 e. The van der Waals surface area contributed by atoms with Crippen LogP contribution in [-0.4, -0.2) is 29.9 Å². The molecule has 3 N–H and O–H groups in total. The third-order valence-corrected chi connectivity index (χ3v) is 4.99. The number of thiazole rings is 1. The van der Waals surface area contributed by atoms with Gasteiger partial charge in [-0.05, 0) is 37.5 Å². The molecule has 0 fully saturated rings. The monoisotopic (exact) mass is 387 g/mol. The van der Waals surface area contributed by atoms with Crippen LogP contribution in [0.2, 0.25) is 0 Å². The Kier molecular flexibility index (Phi) is 8.77. The molecule has 0 spiro atoms. The standard InChI is InChI=1S/C20H29N5OS/c1-4-10-22-19(26)16-9-7-8-15(11-16)12-24-20(21-6-3)25-14-18-23-13-17(5-2)27-18/h7-9,11,13H,4-6,10,12,14H2,1-3H3,(H,22,26)(H2,21,24,25). The first-order valence-corrected chi connectivity index (χ1v) is 10.3. The van der Waals surface area contributed by atoms with E-state index in [2.05, 4.69) is 32.9 Å². The number of nitrogens with zero attached hydrogens (tertiary/aromatic N) is 2. The summed E-state index contributed by atoms with van der Waals surface area (Å²) in [6, 6.07) is 7.60. The molecule has 7 heteroatoms. The van der Waals surface area contributed by atoms with Crippen molar-refractivity contribution in [1.29, 1.82) is 0 Å². The molecule has 1 aromatic carbocycles. The normalized spacial score (nSPS) is 11.3. The van der Waals surface area contributed by atoms with Crippen LogP contribution in [-0.2, 0) is 19.5 Å². The average molecular weight is 388 g/mol. The molecule has 0 bridgehead atoms. The van der Waals surface area contributed by atoms with Gasteiger partial charge in [0.15, 0.2) is 5.96 Å². The molecule has 0 saturated heterocycles. The number of aliphatic imine (C=N–C) groups is 1. The van der Waals surface area contributed by atoms with Crippen molar-refractivity contribution in [2.24, 2.45) is 4.99 Å². The van der Waals surface area contributed by atoms with E-state index in [1.54, 1.807) is 11.3 Å². The first kappa shape index (κ1) is 20.9. The van der Waals surface area contributed by atoms with Gasteiger partial charge in [0.25, 0.3) is 5.91 Å². The summed E-state index contributed by atoms with van der Waals surface area (Å²) in [5.41, 5.74) is 1.67. The molecule has 0 atom stereocenters. The zero-order valence-corrected chi connectivity index (χ0v) is 17.2. The van der Waals surface area contributed by atoms with Crippen molar-refractivity contribution < 1.29 is 4.79 Å². The van der Waals surface area contributed by atoms with Gasteiger partial charge < -0.3 is 16.0 Å². The number of carbonyl (C=O) groups excluding carboxylic acids is 1. The summed E-state index contributed by atoms with van der Waals surface area (Å²) in [5.74, 6) is 0.704. The Morgan fingerprint density at radius 3 is 2.74 bits per heavy atom. The number of nitrogens with one attached hydrogen (secondary N) is 3. The first-order valence-electron chi connectivity index (χ1n) is 9.49. The highest BCUT2D eigenvalue weighted by Gasteiger charge is 2.06. The van der Waals surface area contributed by atoms with Crippen molar-refractivity contribution in [3.8, 4) is 0 Å². The predicted octanol–water partition coefficient (Wildman–Crippen LogP) is 3.10. The Labute approximate surface area is 165 Å². The maximum atomic E-state index is 12.1. The quantitative estimate of drug-likeness (QED) is 0.456. The van der Waals surface area contributed by atoms with E-state index in [9.17, 15) is 4.79 Å². The largest absolute Gasteiger partial charge is 0.357 e. The second kappa shape index (κ2) is 11.3. The van der Waals surface area contributed by atoms with E-state index in [1.165, 1.54) is 4.88 Å². The smallest absolute Gasteiger partial charge is 0.251 e. The van der Waals surface area contributed by atoms with Crippen LogP contribution in [0.5, 0.6) is 0 Å². The summed E-state index contributed by atoms with van der Waals surface area (Å²) in [4.78, 5) is 22.4. The molecular formula is C20H29N5OS. The number of hydrogen-bond donors (Lipinski definition) is 3. The van der Waals surface area contributed by atoms with Crippen LogP contribution in [0, 0.1) is 0 Å². The molecule has 146 valence electrons. The topological polar surface area (TPSA) is 78.4 Å². The molecule has 1 heterocycles. The molecule has 0 aliphatic carbocycles. The third-order valence-electron chi connectivity index (χ3n) is 3.85. The van der Waals surface area contributed by atoms with Crippen molar-refractivity contribution in [3.05, 3.63) is 51.5 Å².